The van der Waals surface area contributed by atoms with Gasteiger partial charge in [0.2, 0.25) is 0 Å². The lowest BCUT2D eigenvalue weighted by atomic mass is 10.00. The lowest BCUT2D eigenvalue weighted by Crippen LogP contribution is -2.06. The third-order valence-electron chi connectivity index (χ3n) is 2.52. The molecule has 5 heteroatoms. The van der Waals surface area contributed by atoms with Crippen LogP contribution in [0.1, 0.15) is 17.3 Å². The SMILES string of the molecule is Cn1ccnc1C(C#N)c1ccc(F)c(Cl)c1. The number of nitriles is 1. The number of nitrogens with zero attached hydrogens (tertiary/aromatic N) is 3. The first-order chi connectivity index (χ1) is 8.13. The molecule has 0 amide bonds. The van der Waals surface area contributed by atoms with E-state index in [1.807, 2.05) is 0 Å². The Balaban J connectivity index is 2.47. The van der Waals surface area contributed by atoms with E-state index in [4.69, 9.17) is 11.6 Å². The largest absolute Gasteiger partial charge is 0.337 e. The van der Waals surface area contributed by atoms with Gasteiger partial charge in [0.25, 0.3) is 0 Å². The van der Waals surface area contributed by atoms with E-state index in [1.165, 1.54) is 12.1 Å². The highest BCUT2D eigenvalue weighted by molar-refractivity contribution is 6.30. The molecule has 17 heavy (non-hydrogen) atoms. The molecule has 1 atom stereocenters. The molecular weight excluding hydrogens is 241 g/mol. The quantitative estimate of drug-likeness (QED) is 0.821. The summed E-state index contributed by atoms with van der Waals surface area (Å²) in [6, 6.07) is 6.40. The number of imidazole rings is 1. The molecule has 0 saturated carbocycles. The van der Waals surface area contributed by atoms with Gasteiger partial charge >= 0.3 is 0 Å². The van der Waals surface area contributed by atoms with Gasteiger partial charge in [-0.25, -0.2) is 9.37 Å². The molecule has 0 N–H and O–H groups in total. The number of hydrogen-bond donors (Lipinski definition) is 0. The van der Waals surface area contributed by atoms with E-state index in [9.17, 15) is 9.65 Å². The van der Waals surface area contributed by atoms with E-state index in [0.29, 0.717) is 11.4 Å². The van der Waals surface area contributed by atoms with Crippen LogP contribution in [0.2, 0.25) is 5.02 Å². The van der Waals surface area contributed by atoms with Crippen molar-refractivity contribution in [2.45, 2.75) is 5.92 Å². The van der Waals surface area contributed by atoms with Crippen molar-refractivity contribution in [1.82, 2.24) is 9.55 Å². The molecule has 2 rings (SSSR count). The third kappa shape index (κ3) is 2.15. The smallest absolute Gasteiger partial charge is 0.141 e. The molecule has 0 aliphatic heterocycles. The maximum Gasteiger partial charge on any atom is 0.141 e. The minimum atomic E-state index is -0.548. The van der Waals surface area contributed by atoms with Crippen LogP contribution in [0.5, 0.6) is 0 Å². The van der Waals surface area contributed by atoms with Gasteiger partial charge in [-0.15, -0.1) is 0 Å². The Labute approximate surface area is 103 Å². The Morgan fingerprint density at radius 3 is 2.82 bits per heavy atom. The third-order valence-corrected chi connectivity index (χ3v) is 2.81. The van der Waals surface area contributed by atoms with Gasteiger partial charge in [0, 0.05) is 19.4 Å². The maximum absolute atomic E-state index is 13.1. The van der Waals surface area contributed by atoms with Gasteiger partial charge in [0.05, 0.1) is 11.1 Å². The van der Waals surface area contributed by atoms with Gasteiger partial charge in [0.15, 0.2) is 0 Å². The van der Waals surface area contributed by atoms with E-state index in [0.717, 1.165) is 0 Å². The first kappa shape index (κ1) is 11.6. The summed E-state index contributed by atoms with van der Waals surface area (Å²) in [5.74, 6) is -0.435. The lowest BCUT2D eigenvalue weighted by molar-refractivity contribution is 0.627. The molecule has 0 fully saturated rings. The molecule has 0 radical (unpaired) electrons. The molecular formula is C12H9ClFN3. The Hall–Kier alpha value is -1.86. The standard InChI is InChI=1S/C12H9ClFN3/c1-17-5-4-16-12(17)9(7-15)8-2-3-11(14)10(13)6-8/h2-6,9H,1H3. The molecule has 1 aromatic heterocycles. The van der Waals surface area contributed by atoms with E-state index in [-0.39, 0.29) is 5.02 Å². The molecule has 0 bridgehead atoms. The summed E-state index contributed by atoms with van der Waals surface area (Å²) in [6.45, 7) is 0. The molecule has 2 aromatic rings. The van der Waals surface area contributed by atoms with E-state index in [1.54, 1.807) is 30.1 Å². The fourth-order valence-corrected chi connectivity index (χ4v) is 1.82. The second-order valence-corrected chi connectivity index (χ2v) is 4.04. The van der Waals surface area contributed by atoms with Gasteiger partial charge in [-0.2, -0.15) is 5.26 Å². The van der Waals surface area contributed by atoms with Crippen molar-refractivity contribution in [3.63, 3.8) is 0 Å². The summed E-state index contributed by atoms with van der Waals surface area (Å²) in [5, 5.41) is 9.21. The maximum atomic E-state index is 13.1. The van der Waals surface area contributed by atoms with E-state index < -0.39 is 11.7 Å². The van der Waals surface area contributed by atoms with Gasteiger partial charge in [-0.1, -0.05) is 17.7 Å². The second kappa shape index (κ2) is 4.56. The molecule has 0 aliphatic carbocycles. The molecule has 1 heterocycles. The van der Waals surface area contributed by atoms with Crippen LogP contribution in [0.25, 0.3) is 0 Å². The minimum absolute atomic E-state index is 0.0111. The lowest BCUT2D eigenvalue weighted by Gasteiger charge is -2.10. The molecule has 0 saturated heterocycles. The normalized spacial score (nSPS) is 12.1. The summed E-state index contributed by atoms with van der Waals surface area (Å²) >= 11 is 5.70. The van der Waals surface area contributed by atoms with Gasteiger partial charge in [0.1, 0.15) is 17.6 Å². The number of aromatic nitrogens is 2. The highest BCUT2D eigenvalue weighted by atomic mass is 35.5. The van der Waals surface area contributed by atoms with Crippen LogP contribution in [0.15, 0.2) is 30.6 Å². The van der Waals surface area contributed by atoms with Crippen molar-refractivity contribution < 1.29 is 4.39 Å². The van der Waals surface area contributed by atoms with E-state index in [2.05, 4.69) is 11.1 Å². The molecule has 0 aliphatic rings. The summed E-state index contributed by atoms with van der Waals surface area (Å²) in [7, 11) is 1.80. The first-order valence-corrected chi connectivity index (χ1v) is 5.33. The van der Waals surface area contributed by atoms with Crippen molar-refractivity contribution in [2.24, 2.45) is 7.05 Å². The zero-order valence-corrected chi connectivity index (χ0v) is 9.82. The van der Waals surface area contributed by atoms with Crippen LogP contribution < -0.4 is 0 Å². The minimum Gasteiger partial charge on any atom is -0.337 e. The fraction of sp³-hybridized carbons (Fsp3) is 0.167. The summed E-state index contributed by atoms with van der Waals surface area (Å²) in [5.41, 5.74) is 0.633. The highest BCUT2D eigenvalue weighted by Gasteiger charge is 2.18. The van der Waals surface area contributed by atoms with Crippen LogP contribution in [0.4, 0.5) is 4.39 Å². The summed E-state index contributed by atoms with van der Waals surface area (Å²) < 4.78 is 14.8. The van der Waals surface area contributed by atoms with Crippen molar-refractivity contribution >= 4 is 11.6 Å². The average molecular weight is 250 g/mol. The monoisotopic (exact) mass is 249 g/mol. The number of hydrogen-bond acceptors (Lipinski definition) is 2. The molecule has 3 nitrogen and oxygen atoms in total. The van der Waals surface area contributed by atoms with Crippen molar-refractivity contribution in [3.05, 3.63) is 52.8 Å². The number of rotatable bonds is 2. The Morgan fingerprint density at radius 2 is 2.29 bits per heavy atom. The second-order valence-electron chi connectivity index (χ2n) is 3.63. The van der Waals surface area contributed by atoms with Gasteiger partial charge in [-0.3, -0.25) is 0 Å². The Kier molecular flexibility index (Phi) is 3.12. The predicted molar refractivity (Wildman–Crippen MR) is 62.1 cm³/mol. The van der Waals surface area contributed by atoms with Crippen LogP contribution in [0, 0.1) is 17.1 Å². The van der Waals surface area contributed by atoms with Gasteiger partial charge < -0.3 is 4.57 Å². The van der Waals surface area contributed by atoms with Gasteiger partial charge in [-0.05, 0) is 17.7 Å². The highest BCUT2D eigenvalue weighted by Crippen LogP contribution is 2.26. The van der Waals surface area contributed by atoms with Crippen LogP contribution in [-0.4, -0.2) is 9.55 Å². The molecule has 1 unspecified atom stereocenters. The zero-order chi connectivity index (χ0) is 12.4. The topological polar surface area (TPSA) is 41.6 Å². The summed E-state index contributed by atoms with van der Waals surface area (Å²) in [6.07, 6.45) is 3.37. The van der Waals surface area contributed by atoms with E-state index >= 15 is 0 Å². The van der Waals surface area contributed by atoms with Crippen molar-refractivity contribution in [2.75, 3.05) is 0 Å². The first-order valence-electron chi connectivity index (χ1n) is 4.95. The van der Waals surface area contributed by atoms with Crippen LogP contribution >= 0.6 is 11.6 Å². The summed E-state index contributed by atoms with van der Waals surface area (Å²) in [4.78, 5) is 4.12. The Morgan fingerprint density at radius 1 is 1.53 bits per heavy atom. The molecule has 86 valence electrons. The van der Waals surface area contributed by atoms with Crippen LogP contribution in [0.3, 0.4) is 0 Å². The molecule has 1 aromatic carbocycles. The van der Waals surface area contributed by atoms with Crippen molar-refractivity contribution in [1.29, 1.82) is 5.26 Å². The number of benzene rings is 1. The molecule has 0 spiro atoms. The average Bonchev–Trinajstić information content (AvgIpc) is 2.71. The zero-order valence-electron chi connectivity index (χ0n) is 9.06. The fourth-order valence-electron chi connectivity index (χ4n) is 1.63. The number of aryl methyl sites for hydroxylation is 1. The predicted octanol–water partition coefficient (Wildman–Crippen LogP) is 2.87. The number of halogens is 2. The Bertz CT molecular complexity index is 586. The van der Waals surface area contributed by atoms with Crippen LogP contribution in [-0.2, 0) is 7.05 Å². The van der Waals surface area contributed by atoms with Crippen molar-refractivity contribution in [3.8, 4) is 6.07 Å².